The van der Waals surface area contributed by atoms with E-state index in [0.717, 1.165) is 38.3 Å². The summed E-state index contributed by atoms with van der Waals surface area (Å²) in [4.78, 5) is 58.6. The van der Waals surface area contributed by atoms with E-state index < -0.39 is 18.1 Å². The molecule has 1 aromatic carbocycles. The zero-order valence-electron chi connectivity index (χ0n) is 23.7. The Morgan fingerprint density at radius 3 is 2.31 bits per heavy atom. The summed E-state index contributed by atoms with van der Waals surface area (Å²) in [5.41, 5.74) is 7.76. The van der Waals surface area contributed by atoms with E-state index in [1.807, 2.05) is 39.8 Å². The number of hydrogen-bond acceptors (Lipinski definition) is 7. The number of Topliss-reactive ketones (excluding diaryl/α,β-unsaturated/α-hetero) is 1. The second kappa shape index (κ2) is 12.5. The number of carbonyl (C=O) groups is 4. The zero-order valence-corrected chi connectivity index (χ0v) is 23.7. The van der Waals surface area contributed by atoms with Crippen LogP contribution >= 0.6 is 0 Å². The van der Waals surface area contributed by atoms with Crippen molar-refractivity contribution in [3.05, 3.63) is 29.8 Å². The van der Waals surface area contributed by atoms with Gasteiger partial charge in [-0.3, -0.25) is 19.2 Å². The second-order valence-corrected chi connectivity index (χ2v) is 11.6. The summed E-state index contributed by atoms with van der Waals surface area (Å²) in [6.07, 6.45) is 1.74. The Hall–Kier alpha value is -2.98. The van der Waals surface area contributed by atoms with Crippen molar-refractivity contribution in [2.24, 2.45) is 17.6 Å². The fraction of sp³-hybridized carbons (Fsp3) is 0.655. The Labute approximate surface area is 231 Å². The Morgan fingerprint density at radius 1 is 1.03 bits per heavy atom. The predicted octanol–water partition coefficient (Wildman–Crippen LogP) is 0.995. The molecule has 0 spiro atoms. The largest absolute Gasteiger partial charge is 0.369 e. The van der Waals surface area contributed by atoms with Gasteiger partial charge in [-0.05, 0) is 48.9 Å². The number of amides is 3. The third-order valence-electron chi connectivity index (χ3n) is 8.45. The van der Waals surface area contributed by atoms with Gasteiger partial charge < -0.3 is 31.1 Å². The summed E-state index contributed by atoms with van der Waals surface area (Å²) < 4.78 is 0. The van der Waals surface area contributed by atoms with E-state index in [9.17, 15) is 19.2 Å². The monoisotopic (exact) mass is 540 g/mol. The minimum absolute atomic E-state index is 0.00218. The number of benzene rings is 1. The number of carbonyl (C=O) groups excluding carboxylic acids is 4. The lowest BCUT2D eigenvalue weighted by Gasteiger charge is -2.30. The van der Waals surface area contributed by atoms with Crippen LogP contribution in [0.25, 0.3) is 0 Å². The first-order valence-corrected chi connectivity index (χ1v) is 14.4. The highest BCUT2D eigenvalue weighted by Crippen LogP contribution is 2.31. The Bertz CT molecular complexity index is 1050. The van der Waals surface area contributed by atoms with Crippen LogP contribution in [-0.2, 0) is 14.4 Å². The molecule has 0 aromatic heterocycles. The first-order chi connectivity index (χ1) is 18.6. The number of nitrogens with one attached hydrogen (secondary N) is 2. The van der Waals surface area contributed by atoms with Crippen molar-refractivity contribution >= 4 is 29.2 Å². The standard InChI is InChI=1S/C29H44N6O4/c1-5-19(4)25(30)29(39)35-17-24(36)26-23(35)10-13-34(26)28(38)22(16-18(2)3)32-27(37)20-6-8-21(9-7-20)33-14-11-31-12-15-33/h6-9,18-19,22-23,25-26,31H,5,10-17,30H2,1-4H3,(H,32,37). The molecule has 39 heavy (non-hydrogen) atoms. The van der Waals surface area contributed by atoms with Gasteiger partial charge in [0.25, 0.3) is 5.91 Å². The van der Waals surface area contributed by atoms with Crippen molar-refractivity contribution in [1.29, 1.82) is 0 Å². The lowest BCUT2D eigenvalue weighted by molar-refractivity contribution is -0.138. The van der Waals surface area contributed by atoms with Gasteiger partial charge in [0.05, 0.1) is 18.6 Å². The minimum atomic E-state index is -0.760. The van der Waals surface area contributed by atoms with Crippen LogP contribution in [0.3, 0.4) is 0 Å². The van der Waals surface area contributed by atoms with Gasteiger partial charge in [-0.15, -0.1) is 0 Å². The van der Waals surface area contributed by atoms with Crippen LogP contribution in [0.1, 0.15) is 57.3 Å². The summed E-state index contributed by atoms with van der Waals surface area (Å²) in [7, 11) is 0. The number of likely N-dealkylation sites (tertiary alicyclic amines) is 2. The molecule has 10 heteroatoms. The summed E-state index contributed by atoms with van der Waals surface area (Å²) in [5, 5.41) is 6.28. The Balaban J connectivity index is 1.45. The summed E-state index contributed by atoms with van der Waals surface area (Å²) in [6, 6.07) is 4.99. The molecule has 3 amide bonds. The van der Waals surface area contributed by atoms with E-state index in [2.05, 4.69) is 15.5 Å². The number of piperazine rings is 1. The smallest absolute Gasteiger partial charge is 0.251 e. The fourth-order valence-electron chi connectivity index (χ4n) is 5.93. The van der Waals surface area contributed by atoms with Crippen LogP contribution in [0.4, 0.5) is 5.69 Å². The molecule has 214 valence electrons. The molecule has 3 aliphatic rings. The molecule has 0 radical (unpaired) electrons. The number of fused-ring (bicyclic) bond motifs is 1. The van der Waals surface area contributed by atoms with Gasteiger partial charge in [0, 0.05) is 44.0 Å². The molecule has 0 bridgehead atoms. The molecule has 1 aromatic rings. The van der Waals surface area contributed by atoms with Crippen LogP contribution in [-0.4, -0.2) is 96.7 Å². The highest BCUT2D eigenvalue weighted by Gasteiger charge is 2.52. The maximum Gasteiger partial charge on any atom is 0.251 e. The first kappa shape index (κ1) is 29.0. The first-order valence-electron chi connectivity index (χ1n) is 14.4. The molecule has 3 heterocycles. The third kappa shape index (κ3) is 6.27. The van der Waals surface area contributed by atoms with Crippen LogP contribution in [0.15, 0.2) is 24.3 Å². The quantitative estimate of drug-likeness (QED) is 0.426. The zero-order chi connectivity index (χ0) is 28.3. The van der Waals surface area contributed by atoms with Crippen LogP contribution in [0.2, 0.25) is 0 Å². The molecular formula is C29H44N6O4. The molecule has 10 nitrogen and oxygen atoms in total. The Kier molecular flexibility index (Phi) is 9.27. The lowest BCUT2D eigenvalue weighted by Crippen LogP contribution is -2.53. The van der Waals surface area contributed by atoms with Crippen molar-refractivity contribution in [2.75, 3.05) is 44.2 Å². The summed E-state index contributed by atoms with van der Waals surface area (Å²) >= 11 is 0. The normalized spacial score (nSPS) is 23.5. The number of ketones is 1. The maximum atomic E-state index is 13.8. The molecular weight excluding hydrogens is 496 g/mol. The van der Waals surface area contributed by atoms with Crippen LogP contribution in [0, 0.1) is 11.8 Å². The maximum absolute atomic E-state index is 13.8. The van der Waals surface area contributed by atoms with Crippen molar-refractivity contribution in [3.63, 3.8) is 0 Å². The number of hydrogen-bond donors (Lipinski definition) is 3. The van der Waals surface area contributed by atoms with E-state index in [-0.39, 0.29) is 47.9 Å². The average molecular weight is 541 g/mol. The van der Waals surface area contributed by atoms with Crippen molar-refractivity contribution in [1.82, 2.24) is 20.4 Å². The van der Waals surface area contributed by atoms with Crippen molar-refractivity contribution < 1.29 is 19.2 Å². The molecule has 0 saturated carbocycles. The number of nitrogens with two attached hydrogens (primary N) is 1. The van der Waals surface area contributed by atoms with Gasteiger partial charge in [0.1, 0.15) is 12.1 Å². The number of rotatable bonds is 9. The van der Waals surface area contributed by atoms with E-state index >= 15 is 0 Å². The summed E-state index contributed by atoms with van der Waals surface area (Å²) in [5.74, 6) is -0.799. The van der Waals surface area contributed by atoms with E-state index in [1.54, 1.807) is 21.9 Å². The Morgan fingerprint density at radius 2 is 1.69 bits per heavy atom. The van der Waals surface area contributed by atoms with Gasteiger partial charge in [-0.1, -0.05) is 34.1 Å². The lowest BCUT2D eigenvalue weighted by atomic mass is 9.98. The van der Waals surface area contributed by atoms with Gasteiger partial charge >= 0.3 is 0 Å². The van der Waals surface area contributed by atoms with Crippen LogP contribution in [0.5, 0.6) is 0 Å². The molecule has 5 unspecified atom stereocenters. The molecule has 4 N–H and O–H groups in total. The summed E-state index contributed by atoms with van der Waals surface area (Å²) in [6.45, 7) is 11.9. The van der Waals surface area contributed by atoms with Gasteiger partial charge in [0.2, 0.25) is 11.8 Å². The van der Waals surface area contributed by atoms with Gasteiger partial charge in [-0.25, -0.2) is 0 Å². The SMILES string of the molecule is CCC(C)C(N)C(=O)N1CC(=O)C2C1CCN2C(=O)C(CC(C)C)NC(=O)c1ccc(N2CCNCC2)cc1. The van der Waals surface area contributed by atoms with E-state index in [0.29, 0.717) is 24.9 Å². The van der Waals surface area contributed by atoms with Crippen molar-refractivity contribution in [2.45, 2.75) is 71.1 Å². The average Bonchev–Trinajstić information content (AvgIpc) is 3.52. The molecule has 3 saturated heterocycles. The highest BCUT2D eigenvalue weighted by atomic mass is 16.2. The van der Waals surface area contributed by atoms with E-state index in [4.69, 9.17) is 5.73 Å². The molecule has 5 atom stereocenters. The molecule has 4 rings (SSSR count). The second-order valence-electron chi connectivity index (χ2n) is 11.6. The van der Waals surface area contributed by atoms with Crippen molar-refractivity contribution in [3.8, 4) is 0 Å². The van der Waals surface area contributed by atoms with Gasteiger partial charge in [-0.2, -0.15) is 0 Å². The predicted molar refractivity (Wildman–Crippen MR) is 150 cm³/mol. The fourth-order valence-corrected chi connectivity index (χ4v) is 5.93. The minimum Gasteiger partial charge on any atom is -0.369 e. The van der Waals surface area contributed by atoms with Crippen LogP contribution < -0.4 is 21.3 Å². The highest BCUT2D eigenvalue weighted by molar-refractivity contribution is 6.01. The molecule has 3 aliphatic heterocycles. The topological polar surface area (TPSA) is 128 Å². The molecule has 0 aliphatic carbocycles. The van der Waals surface area contributed by atoms with Gasteiger partial charge in [0.15, 0.2) is 5.78 Å². The number of nitrogens with zero attached hydrogens (tertiary/aromatic N) is 3. The molecule has 3 fully saturated rings. The van der Waals surface area contributed by atoms with E-state index in [1.165, 1.54) is 0 Å². The number of anilines is 1. The third-order valence-corrected chi connectivity index (χ3v) is 8.45.